The topological polar surface area (TPSA) is 43.0 Å². The highest BCUT2D eigenvalue weighted by molar-refractivity contribution is 5.31. The summed E-state index contributed by atoms with van der Waals surface area (Å²) in [6, 6.07) is 7.61. The SMILES string of the molecule is COc1ccc(OCCNN2CCOCC2)cc1. The molecule has 0 amide bonds. The van der Waals surface area contributed by atoms with Crippen molar-refractivity contribution in [1.29, 1.82) is 0 Å². The van der Waals surface area contributed by atoms with Gasteiger partial charge in [-0.05, 0) is 24.3 Å². The zero-order valence-corrected chi connectivity index (χ0v) is 10.7. The summed E-state index contributed by atoms with van der Waals surface area (Å²) in [5.74, 6) is 1.70. The summed E-state index contributed by atoms with van der Waals surface area (Å²) in [6.45, 7) is 4.90. The fourth-order valence-electron chi connectivity index (χ4n) is 1.77. The molecular weight excluding hydrogens is 232 g/mol. The van der Waals surface area contributed by atoms with Gasteiger partial charge < -0.3 is 14.2 Å². The lowest BCUT2D eigenvalue weighted by Crippen LogP contribution is -2.46. The minimum absolute atomic E-state index is 0.643. The van der Waals surface area contributed by atoms with E-state index in [2.05, 4.69) is 10.4 Å². The fraction of sp³-hybridized carbons (Fsp3) is 0.538. The van der Waals surface area contributed by atoms with Gasteiger partial charge in [-0.25, -0.2) is 5.01 Å². The number of methoxy groups -OCH3 is 1. The molecule has 18 heavy (non-hydrogen) atoms. The zero-order chi connectivity index (χ0) is 12.6. The van der Waals surface area contributed by atoms with Crippen LogP contribution >= 0.6 is 0 Å². The van der Waals surface area contributed by atoms with Gasteiger partial charge in [-0.2, -0.15) is 0 Å². The van der Waals surface area contributed by atoms with Gasteiger partial charge in [-0.15, -0.1) is 0 Å². The third-order valence-corrected chi connectivity index (χ3v) is 2.78. The van der Waals surface area contributed by atoms with Crippen molar-refractivity contribution < 1.29 is 14.2 Å². The molecule has 0 spiro atoms. The van der Waals surface area contributed by atoms with Crippen LogP contribution in [0.3, 0.4) is 0 Å². The maximum Gasteiger partial charge on any atom is 0.119 e. The zero-order valence-electron chi connectivity index (χ0n) is 10.7. The molecule has 1 aromatic carbocycles. The van der Waals surface area contributed by atoms with Crippen LogP contribution in [0, 0.1) is 0 Å². The van der Waals surface area contributed by atoms with Crippen molar-refractivity contribution in [3.05, 3.63) is 24.3 Å². The van der Waals surface area contributed by atoms with E-state index < -0.39 is 0 Å². The quantitative estimate of drug-likeness (QED) is 0.762. The van der Waals surface area contributed by atoms with Crippen molar-refractivity contribution in [1.82, 2.24) is 10.4 Å². The van der Waals surface area contributed by atoms with Crippen LogP contribution in [0.25, 0.3) is 0 Å². The van der Waals surface area contributed by atoms with Crippen molar-refractivity contribution in [2.24, 2.45) is 0 Å². The van der Waals surface area contributed by atoms with E-state index in [9.17, 15) is 0 Å². The van der Waals surface area contributed by atoms with Crippen molar-refractivity contribution in [2.75, 3.05) is 46.6 Å². The van der Waals surface area contributed by atoms with Crippen LogP contribution in [0.1, 0.15) is 0 Å². The number of hydrogen-bond acceptors (Lipinski definition) is 5. The molecule has 5 heteroatoms. The largest absolute Gasteiger partial charge is 0.497 e. The summed E-state index contributed by atoms with van der Waals surface area (Å²) >= 11 is 0. The first-order valence-corrected chi connectivity index (χ1v) is 6.21. The van der Waals surface area contributed by atoms with E-state index >= 15 is 0 Å². The number of rotatable bonds is 6. The Hall–Kier alpha value is -1.30. The molecule has 0 saturated carbocycles. The second kappa shape index (κ2) is 7.20. The second-order valence-corrected chi connectivity index (χ2v) is 4.03. The molecule has 1 fully saturated rings. The maximum absolute atomic E-state index is 5.62. The van der Waals surface area contributed by atoms with E-state index in [1.165, 1.54) is 0 Å². The third-order valence-electron chi connectivity index (χ3n) is 2.78. The van der Waals surface area contributed by atoms with Crippen LogP contribution in [-0.4, -0.2) is 51.6 Å². The summed E-state index contributed by atoms with van der Waals surface area (Å²) in [7, 11) is 1.65. The Bertz CT molecular complexity index is 337. The molecule has 0 aliphatic carbocycles. The molecule has 2 rings (SSSR count). The molecule has 1 aliphatic heterocycles. The average Bonchev–Trinajstić information content (AvgIpc) is 2.45. The van der Waals surface area contributed by atoms with Crippen molar-refractivity contribution in [3.63, 3.8) is 0 Å². The van der Waals surface area contributed by atoms with Gasteiger partial charge in [0.2, 0.25) is 0 Å². The molecule has 0 bridgehead atoms. The number of ether oxygens (including phenoxy) is 3. The number of nitrogens with one attached hydrogen (secondary N) is 1. The molecule has 1 saturated heterocycles. The highest BCUT2D eigenvalue weighted by atomic mass is 16.5. The Balaban J connectivity index is 1.62. The van der Waals surface area contributed by atoms with Gasteiger partial charge in [0.1, 0.15) is 18.1 Å². The van der Waals surface area contributed by atoms with Crippen molar-refractivity contribution in [2.45, 2.75) is 0 Å². The predicted molar refractivity (Wildman–Crippen MR) is 68.9 cm³/mol. The Morgan fingerprint density at radius 1 is 1.17 bits per heavy atom. The van der Waals surface area contributed by atoms with Crippen LogP contribution in [0.5, 0.6) is 11.5 Å². The Morgan fingerprint density at radius 2 is 1.83 bits per heavy atom. The Kier molecular flexibility index (Phi) is 5.26. The maximum atomic E-state index is 5.62. The average molecular weight is 252 g/mol. The van der Waals surface area contributed by atoms with Crippen molar-refractivity contribution in [3.8, 4) is 11.5 Å². The summed E-state index contributed by atoms with van der Waals surface area (Å²) in [5.41, 5.74) is 3.32. The Labute approximate surface area is 108 Å². The number of hydrazine groups is 1. The van der Waals surface area contributed by atoms with E-state index in [1.807, 2.05) is 24.3 Å². The standard InChI is InChI=1S/C13H20N2O3/c1-16-12-2-4-13(5-3-12)18-9-6-14-15-7-10-17-11-8-15/h2-5,14H,6-11H2,1H3. The van der Waals surface area contributed by atoms with E-state index in [0.717, 1.165) is 44.3 Å². The van der Waals surface area contributed by atoms with E-state index in [1.54, 1.807) is 7.11 Å². The van der Waals surface area contributed by atoms with Gasteiger partial charge in [-0.1, -0.05) is 0 Å². The minimum Gasteiger partial charge on any atom is -0.497 e. The molecule has 100 valence electrons. The molecule has 5 nitrogen and oxygen atoms in total. The van der Waals surface area contributed by atoms with Gasteiger partial charge in [0.15, 0.2) is 0 Å². The normalized spacial score (nSPS) is 16.5. The molecule has 0 atom stereocenters. The van der Waals surface area contributed by atoms with Gasteiger partial charge >= 0.3 is 0 Å². The van der Waals surface area contributed by atoms with E-state index in [0.29, 0.717) is 6.61 Å². The van der Waals surface area contributed by atoms with Crippen LogP contribution in [0.4, 0.5) is 0 Å². The van der Waals surface area contributed by atoms with E-state index in [-0.39, 0.29) is 0 Å². The highest BCUT2D eigenvalue weighted by Gasteiger charge is 2.08. The molecule has 0 aromatic heterocycles. The first kappa shape index (κ1) is 13.1. The van der Waals surface area contributed by atoms with Crippen LogP contribution in [-0.2, 0) is 4.74 Å². The van der Waals surface area contributed by atoms with Crippen LogP contribution in [0.2, 0.25) is 0 Å². The summed E-state index contributed by atoms with van der Waals surface area (Å²) in [5, 5.41) is 2.17. The molecular formula is C13H20N2O3. The van der Waals surface area contributed by atoms with Crippen molar-refractivity contribution >= 4 is 0 Å². The van der Waals surface area contributed by atoms with Crippen LogP contribution in [0.15, 0.2) is 24.3 Å². The second-order valence-electron chi connectivity index (χ2n) is 4.03. The lowest BCUT2D eigenvalue weighted by atomic mass is 10.3. The molecule has 1 aliphatic rings. The minimum atomic E-state index is 0.643. The smallest absolute Gasteiger partial charge is 0.119 e. The van der Waals surface area contributed by atoms with E-state index in [4.69, 9.17) is 14.2 Å². The Morgan fingerprint density at radius 3 is 2.50 bits per heavy atom. The number of hydrogen-bond donors (Lipinski definition) is 1. The first-order chi connectivity index (χ1) is 8.88. The summed E-state index contributed by atoms with van der Waals surface area (Å²) in [6.07, 6.45) is 0. The lowest BCUT2D eigenvalue weighted by Gasteiger charge is -2.27. The summed E-state index contributed by atoms with van der Waals surface area (Å²) < 4.78 is 16.0. The van der Waals surface area contributed by atoms with Gasteiger partial charge in [-0.3, -0.25) is 5.43 Å². The predicted octanol–water partition coefficient (Wildman–Crippen LogP) is 0.911. The van der Waals surface area contributed by atoms with Gasteiger partial charge in [0, 0.05) is 19.6 Å². The fourth-order valence-corrected chi connectivity index (χ4v) is 1.77. The number of morpholine rings is 1. The monoisotopic (exact) mass is 252 g/mol. The van der Waals surface area contributed by atoms with Crippen LogP contribution < -0.4 is 14.9 Å². The lowest BCUT2D eigenvalue weighted by molar-refractivity contribution is 0.0101. The molecule has 1 heterocycles. The molecule has 0 radical (unpaired) electrons. The van der Waals surface area contributed by atoms with Gasteiger partial charge in [0.05, 0.1) is 20.3 Å². The third kappa shape index (κ3) is 4.18. The highest BCUT2D eigenvalue weighted by Crippen LogP contribution is 2.16. The number of nitrogens with zero attached hydrogens (tertiary/aromatic N) is 1. The molecule has 0 unspecified atom stereocenters. The molecule has 1 aromatic rings. The summed E-state index contributed by atoms with van der Waals surface area (Å²) in [4.78, 5) is 0. The first-order valence-electron chi connectivity index (χ1n) is 6.21. The number of benzene rings is 1. The van der Waals surface area contributed by atoms with Gasteiger partial charge in [0.25, 0.3) is 0 Å². The molecule has 1 N–H and O–H groups in total.